The Morgan fingerprint density at radius 3 is 2.07 bits per heavy atom. The first-order valence-corrected chi connectivity index (χ1v) is 16.4. The van der Waals surface area contributed by atoms with Crippen LogP contribution in [-0.4, -0.2) is 51.1 Å². The smallest absolute Gasteiger partial charge is 0.253 e. The lowest BCUT2D eigenvalue weighted by atomic mass is 9.49. The molecule has 2 aromatic carbocycles. The summed E-state index contributed by atoms with van der Waals surface area (Å²) in [7, 11) is 1.72. The van der Waals surface area contributed by atoms with Crippen LogP contribution in [0.3, 0.4) is 0 Å². The fraction of sp³-hybridized carbons (Fsp3) is 0.600. The molecule has 6 aliphatic rings. The third-order valence-electron chi connectivity index (χ3n) is 11.0. The molecule has 0 unspecified atom stereocenters. The van der Waals surface area contributed by atoms with Gasteiger partial charge in [-0.2, -0.15) is 0 Å². The summed E-state index contributed by atoms with van der Waals surface area (Å²) in [6.07, 6.45) is 12.7. The van der Waals surface area contributed by atoms with Gasteiger partial charge in [0.05, 0.1) is 23.8 Å². The summed E-state index contributed by atoms with van der Waals surface area (Å²) >= 11 is 0. The highest BCUT2D eigenvalue weighted by atomic mass is 16.5. The van der Waals surface area contributed by atoms with Gasteiger partial charge in [0.1, 0.15) is 5.75 Å². The molecular weight excluding hydrogens is 524 g/mol. The van der Waals surface area contributed by atoms with Crippen LogP contribution in [-0.2, 0) is 4.79 Å². The lowest BCUT2D eigenvalue weighted by Gasteiger charge is -2.55. The Kier molecular flexibility index (Phi) is 7.53. The first-order valence-electron chi connectivity index (χ1n) is 16.4. The fourth-order valence-electron chi connectivity index (χ4n) is 9.31. The third kappa shape index (κ3) is 5.35. The van der Waals surface area contributed by atoms with E-state index < -0.39 is 0 Å². The number of hydrogen-bond acceptors (Lipinski definition) is 5. The van der Waals surface area contributed by atoms with Crippen molar-refractivity contribution in [3.63, 3.8) is 0 Å². The summed E-state index contributed by atoms with van der Waals surface area (Å²) in [4.78, 5) is 32.3. The van der Waals surface area contributed by atoms with E-state index in [0.717, 1.165) is 98.8 Å². The Balaban J connectivity index is 1.11. The van der Waals surface area contributed by atoms with Crippen LogP contribution < -0.4 is 25.2 Å². The van der Waals surface area contributed by atoms with Gasteiger partial charge < -0.3 is 25.2 Å². The van der Waals surface area contributed by atoms with Crippen LogP contribution in [0.2, 0.25) is 0 Å². The van der Waals surface area contributed by atoms with Gasteiger partial charge in [-0.3, -0.25) is 9.59 Å². The van der Waals surface area contributed by atoms with E-state index in [4.69, 9.17) is 4.74 Å². The van der Waals surface area contributed by atoms with Gasteiger partial charge in [0.25, 0.3) is 5.91 Å². The number of nitrogens with one attached hydrogen (secondary N) is 2. The molecule has 8 rings (SSSR count). The van der Waals surface area contributed by atoms with Gasteiger partial charge in [-0.1, -0.05) is 31.4 Å². The second-order valence-electron chi connectivity index (χ2n) is 13.8. The van der Waals surface area contributed by atoms with Gasteiger partial charge in [0, 0.05) is 43.6 Å². The maximum Gasteiger partial charge on any atom is 0.253 e. The van der Waals surface area contributed by atoms with Crippen molar-refractivity contribution in [1.82, 2.24) is 5.32 Å². The standard InChI is InChI=1S/C35H46N4O3/c1-42-32-10-6-5-9-31(32)39-15-13-38(14-16-39)30-12-11-28(20-29(30)33(40)36-27-7-3-2-4-8-27)37-34(41)35-21-24-17-25(22-35)19-26(18-24)23-35/h5-6,9-12,20,24-27H,2-4,7-8,13-19,21-23H2,1H3,(H,36,40)(H,37,41). The molecule has 1 saturated heterocycles. The zero-order valence-electron chi connectivity index (χ0n) is 25.1. The van der Waals surface area contributed by atoms with Crippen LogP contribution in [0.5, 0.6) is 5.75 Å². The highest BCUT2D eigenvalue weighted by Crippen LogP contribution is 2.60. The van der Waals surface area contributed by atoms with E-state index in [1.54, 1.807) is 7.11 Å². The molecule has 7 heteroatoms. The molecule has 42 heavy (non-hydrogen) atoms. The Morgan fingerprint density at radius 2 is 1.43 bits per heavy atom. The van der Waals surface area contributed by atoms with Crippen molar-refractivity contribution < 1.29 is 14.3 Å². The van der Waals surface area contributed by atoms with E-state index in [1.165, 1.54) is 38.5 Å². The summed E-state index contributed by atoms with van der Waals surface area (Å²) in [5.41, 5.74) is 3.27. The van der Waals surface area contributed by atoms with Crippen molar-refractivity contribution in [3.05, 3.63) is 48.0 Å². The highest BCUT2D eigenvalue weighted by molar-refractivity contribution is 6.03. The number of ether oxygens (including phenoxy) is 1. The van der Waals surface area contributed by atoms with Crippen molar-refractivity contribution in [2.75, 3.05) is 48.4 Å². The molecule has 2 N–H and O–H groups in total. The quantitative estimate of drug-likeness (QED) is 0.412. The van der Waals surface area contributed by atoms with Gasteiger partial charge in [-0.15, -0.1) is 0 Å². The Hall–Kier alpha value is -3.22. The number of piperazine rings is 1. The van der Waals surface area contributed by atoms with Crippen molar-refractivity contribution >= 4 is 28.9 Å². The highest BCUT2D eigenvalue weighted by Gasteiger charge is 2.54. The predicted octanol–water partition coefficient (Wildman–Crippen LogP) is 6.24. The van der Waals surface area contributed by atoms with Crippen molar-refractivity contribution in [3.8, 4) is 5.75 Å². The Bertz CT molecular complexity index is 1280. The number of anilines is 3. The zero-order valence-corrected chi connectivity index (χ0v) is 25.1. The largest absolute Gasteiger partial charge is 0.495 e. The van der Waals surface area contributed by atoms with E-state index in [9.17, 15) is 9.59 Å². The zero-order chi connectivity index (χ0) is 28.7. The number of carbonyl (C=O) groups is 2. The van der Waals surface area contributed by atoms with E-state index in [2.05, 4.69) is 32.6 Å². The lowest BCUT2D eigenvalue weighted by Crippen LogP contribution is -2.51. The van der Waals surface area contributed by atoms with Gasteiger partial charge in [0.15, 0.2) is 0 Å². The molecule has 0 atom stereocenters. The molecule has 4 bridgehead atoms. The first-order chi connectivity index (χ1) is 20.5. The van der Waals surface area contributed by atoms with Crippen LogP contribution in [0.15, 0.2) is 42.5 Å². The average Bonchev–Trinajstić information content (AvgIpc) is 3.01. The number of methoxy groups -OCH3 is 1. The minimum absolute atomic E-state index is 0.0186. The molecule has 0 radical (unpaired) electrons. The Morgan fingerprint density at radius 1 is 0.810 bits per heavy atom. The third-order valence-corrected chi connectivity index (χ3v) is 11.0. The lowest BCUT2D eigenvalue weighted by molar-refractivity contribution is -0.140. The number of rotatable bonds is 7. The molecular formula is C35H46N4O3. The van der Waals surface area contributed by atoms with Crippen molar-refractivity contribution in [2.24, 2.45) is 23.2 Å². The number of amides is 2. The molecule has 1 aliphatic heterocycles. The summed E-state index contributed by atoms with van der Waals surface area (Å²) < 4.78 is 5.61. The number of hydrogen-bond donors (Lipinski definition) is 2. The minimum atomic E-state index is -0.216. The number of carbonyl (C=O) groups excluding carboxylic acids is 2. The SMILES string of the molecule is COc1ccccc1N1CCN(c2ccc(NC(=O)C34CC5CC(CC(C5)C3)C4)cc2C(=O)NC2CCCCC2)CC1. The van der Waals surface area contributed by atoms with E-state index >= 15 is 0 Å². The van der Waals surface area contributed by atoms with E-state index in [-0.39, 0.29) is 23.3 Å². The van der Waals surface area contributed by atoms with Crippen LogP contribution in [0, 0.1) is 23.2 Å². The molecule has 6 fully saturated rings. The summed E-state index contributed by atoms with van der Waals surface area (Å²) in [6, 6.07) is 14.4. The van der Waals surface area contributed by atoms with Gasteiger partial charge >= 0.3 is 0 Å². The van der Waals surface area contributed by atoms with Crippen LogP contribution in [0.25, 0.3) is 0 Å². The number of nitrogens with zero attached hydrogens (tertiary/aromatic N) is 2. The maximum absolute atomic E-state index is 13.8. The fourth-order valence-corrected chi connectivity index (χ4v) is 9.31. The minimum Gasteiger partial charge on any atom is -0.495 e. The molecule has 0 aromatic heterocycles. The summed E-state index contributed by atoms with van der Waals surface area (Å²) in [5, 5.41) is 6.66. The van der Waals surface area contributed by atoms with Crippen LogP contribution in [0.1, 0.15) is 81.0 Å². The number of para-hydroxylation sites is 2. The number of benzene rings is 2. The van der Waals surface area contributed by atoms with Crippen LogP contribution in [0.4, 0.5) is 17.1 Å². The second-order valence-corrected chi connectivity index (χ2v) is 13.8. The molecule has 5 aliphatic carbocycles. The van der Waals surface area contributed by atoms with Crippen molar-refractivity contribution in [2.45, 2.75) is 76.7 Å². The normalized spacial score (nSPS) is 28.9. The molecule has 0 spiro atoms. The molecule has 5 saturated carbocycles. The molecule has 7 nitrogen and oxygen atoms in total. The van der Waals surface area contributed by atoms with Gasteiger partial charge in [-0.05, 0) is 99.5 Å². The Labute approximate surface area is 250 Å². The van der Waals surface area contributed by atoms with Crippen molar-refractivity contribution in [1.29, 1.82) is 0 Å². The van der Waals surface area contributed by atoms with Crippen LogP contribution >= 0.6 is 0 Å². The summed E-state index contributed by atoms with van der Waals surface area (Å²) in [5.74, 6) is 3.20. The van der Waals surface area contributed by atoms with E-state index in [0.29, 0.717) is 5.56 Å². The maximum atomic E-state index is 13.8. The predicted molar refractivity (Wildman–Crippen MR) is 167 cm³/mol. The topological polar surface area (TPSA) is 73.9 Å². The molecule has 1 heterocycles. The second kappa shape index (κ2) is 11.5. The summed E-state index contributed by atoms with van der Waals surface area (Å²) in [6.45, 7) is 3.30. The monoisotopic (exact) mass is 570 g/mol. The molecule has 2 aromatic rings. The average molecular weight is 571 g/mol. The molecule has 224 valence electrons. The first kappa shape index (κ1) is 27.6. The van der Waals surface area contributed by atoms with E-state index in [1.807, 2.05) is 30.3 Å². The van der Waals surface area contributed by atoms with Gasteiger partial charge in [0.2, 0.25) is 5.91 Å². The molecule has 2 amide bonds. The van der Waals surface area contributed by atoms with Gasteiger partial charge in [-0.25, -0.2) is 0 Å².